The molecule has 0 bridgehead atoms. The molecular weight excluding hydrogens is 584 g/mol. The zero-order valence-corrected chi connectivity index (χ0v) is 30.9. The highest BCUT2D eigenvalue weighted by atomic mass is 16.6. The molecule has 0 amide bonds. The molecule has 47 heavy (non-hydrogen) atoms. The topological polar surface area (TPSA) is 76.7 Å². The highest BCUT2D eigenvalue weighted by molar-refractivity contribution is 6.01. The van der Waals surface area contributed by atoms with E-state index in [0.717, 1.165) is 36.8 Å². The molecule has 2 heterocycles. The van der Waals surface area contributed by atoms with Crippen molar-refractivity contribution in [3.63, 3.8) is 0 Å². The van der Waals surface area contributed by atoms with Gasteiger partial charge in [-0.05, 0) is 77.3 Å². The Morgan fingerprint density at radius 2 is 0.979 bits per heavy atom. The number of benzene rings is 2. The number of piperidine rings is 2. The fraction of sp³-hybridized carbons (Fsp3) is 0.659. The van der Waals surface area contributed by atoms with Crippen molar-refractivity contribution >= 4 is 11.9 Å². The summed E-state index contributed by atoms with van der Waals surface area (Å²) in [5, 5.41) is 7.79. The summed E-state index contributed by atoms with van der Waals surface area (Å²) >= 11 is 0. The molecule has 2 fully saturated rings. The Morgan fingerprint density at radius 3 is 1.28 bits per heavy atom. The maximum Gasteiger partial charge on any atom is 0.324 e. The standard InChI is InChI=1S/C41H62N2O4/c1-11-37(7)27-33(29(5)39(9,13-3)42-37)46-35(44)41(25-31-21-17-15-18-22-31,26-32-23-19-16-20-24-32)36(45)47-34-28-38(8,12-2)43-40(10,14-4)30(34)6/h15-24,29-30,33-34,42-43H,11-14,25-28H2,1-10H3. The van der Waals surface area contributed by atoms with Gasteiger partial charge < -0.3 is 20.1 Å². The largest absolute Gasteiger partial charge is 0.461 e. The number of nitrogens with one attached hydrogen (secondary N) is 2. The van der Waals surface area contributed by atoms with Crippen molar-refractivity contribution in [3.05, 3.63) is 71.8 Å². The Morgan fingerprint density at radius 1 is 0.638 bits per heavy atom. The van der Waals surface area contributed by atoms with Crippen molar-refractivity contribution in [1.82, 2.24) is 10.6 Å². The monoisotopic (exact) mass is 646 g/mol. The van der Waals surface area contributed by atoms with Crippen LogP contribution >= 0.6 is 0 Å². The Kier molecular flexibility index (Phi) is 11.4. The third kappa shape index (κ3) is 7.80. The van der Waals surface area contributed by atoms with Gasteiger partial charge in [0.05, 0.1) is 0 Å². The highest BCUT2D eigenvalue weighted by Crippen LogP contribution is 2.43. The fourth-order valence-electron chi connectivity index (χ4n) is 8.17. The molecule has 6 heteroatoms. The number of carbonyl (C=O) groups is 2. The first-order valence-corrected chi connectivity index (χ1v) is 18.2. The summed E-state index contributed by atoms with van der Waals surface area (Å²) in [7, 11) is 0. The summed E-state index contributed by atoms with van der Waals surface area (Å²) in [6, 6.07) is 19.7. The normalized spacial score (nSPS) is 34.4. The summed E-state index contributed by atoms with van der Waals surface area (Å²) in [5.74, 6) is -0.857. The second kappa shape index (κ2) is 14.4. The Labute approximate surface area is 285 Å². The molecule has 2 saturated heterocycles. The van der Waals surface area contributed by atoms with E-state index in [9.17, 15) is 0 Å². The van der Waals surface area contributed by atoms with E-state index in [1.807, 2.05) is 60.7 Å². The summed E-state index contributed by atoms with van der Waals surface area (Å²) in [6.45, 7) is 22.0. The zero-order chi connectivity index (χ0) is 34.7. The average Bonchev–Trinajstić information content (AvgIpc) is 3.06. The highest BCUT2D eigenvalue weighted by Gasteiger charge is 2.55. The number of hydrogen-bond acceptors (Lipinski definition) is 6. The van der Waals surface area contributed by atoms with Gasteiger partial charge in [0.2, 0.25) is 0 Å². The van der Waals surface area contributed by atoms with Crippen molar-refractivity contribution < 1.29 is 19.1 Å². The van der Waals surface area contributed by atoms with Crippen LogP contribution in [0.5, 0.6) is 0 Å². The third-order valence-corrected chi connectivity index (χ3v) is 12.6. The molecule has 2 aliphatic heterocycles. The lowest BCUT2D eigenvalue weighted by molar-refractivity contribution is -0.188. The van der Waals surface area contributed by atoms with Gasteiger partial charge in [-0.3, -0.25) is 9.59 Å². The molecule has 2 aliphatic rings. The molecule has 2 N–H and O–H groups in total. The van der Waals surface area contributed by atoms with Crippen molar-refractivity contribution in [2.75, 3.05) is 0 Å². The molecule has 0 aliphatic carbocycles. The smallest absolute Gasteiger partial charge is 0.324 e. The maximum atomic E-state index is 15.1. The number of hydrogen-bond donors (Lipinski definition) is 2. The minimum absolute atomic E-state index is 0.0539. The summed E-state index contributed by atoms with van der Waals surface area (Å²) < 4.78 is 13.4. The van der Waals surface area contributed by atoms with Gasteiger partial charge in [-0.2, -0.15) is 0 Å². The van der Waals surface area contributed by atoms with Gasteiger partial charge in [-0.25, -0.2) is 0 Å². The summed E-state index contributed by atoms with van der Waals surface area (Å²) in [6.07, 6.45) is 4.69. The first kappa shape index (κ1) is 37.1. The van der Waals surface area contributed by atoms with Crippen LogP contribution in [0.3, 0.4) is 0 Å². The van der Waals surface area contributed by atoms with E-state index < -0.39 is 17.4 Å². The predicted octanol–water partition coefficient (Wildman–Crippen LogP) is 8.22. The summed E-state index contributed by atoms with van der Waals surface area (Å²) in [5.41, 5.74) is -0.557. The van der Waals surface area contributed by atoms with Crippen LogP contribution in [0.4, 0.5) is 0 Å². The van der Waals surface area contributed by atoms with Crippen LogP contribution in [-0.2, 0) is 31.9 Å². The van der Waals surface area contributed by atoms with E-state index in [2.05, 4.69) is 79.9 Å². The minimum atomic E-state index is -1.56. The first-order valence-electron chi connectivity index (χ1n) is 18.2. The van der Waals surface area contributed by atoms with E-state index in [0.29, 0.717) is 12.8 Å². The number of ether oxygens (including phenoxy) is 2. The molecule has 0 radical (unpaired) electrons. The van der Waals surface area contributed by atoms with Crippen LogP contribution in [0.15, 0.2) is 60.7 Å². The van der Waals surface area contributed by atoms with Gasteiger partial charge in [-0.15, -0.1) is 0 Å². The van der Waals surface area contributed by atoms with Crippen molar-refractivity contribution in [1.29, 1.82) is 0 Å². The van der Waals surface area contributed by atoms with Crippen LogP contribution in [0.2, 0.25) is 0 Å². The SMILES string of the molecule is CCC1(C)CC(OC(=O)C(Cc2ccccc2)(Cc2ccccc2)C(=O)OC2CC(C)(CC)NC(C)(CC)C2C)C(C)C(C)(CC)N1. The molecule has 260 valence electrons. The van der Waals surface area contributed by atoms with E-state index >= 15 is 9.59 Å². The molecule has 6 nitrogen and oxygen atoms in total. The van der Waals surface area contributed by atoms with E-state index in [1.165, 1.54) is 0 Å². The molecule has 0 aromatic heterocycles. The van der Waals surface area contributed by atoms with Crippen molar-refractivity contribution in [2.45, 2.75) is 155 Å². The molecule has 2 aromatic rings. The Hall–Kier alpha value is -2.70. The summed E-state index contributed by atoms with van der Waals surface area (Å²) in [4.78, 5) is 30.1. The second-order valence-corrected chi connectivity index (χ2v) is 15.9. The average molecular weight is 647 g/mol. The van der Waals surface area contributed by atoms with Crippen molar-refractivity contribution in [2.24, 2.45) is 17.3 Å². The van der Waals surface area contributed by atoms with E-state index in [4.69, 9.17) is 9.47 Å². The lowest BCUT2D eigenvalue weighted by atomic mass is 9.69. The van der Waals surface area contributed by atoms with Crippen LogP contribution < -0.4 is 10.6 Å². The Balaban J connectivity index is 1.81. The van der Waals surface area contributed by atoms with Crippen LogP contribution in [0, 0.1) is 17.3 Å². The second-order valence-electron chi connectivity index (χ2n) is 15.9. The van der Waals surface area contributed by atoms with Crippen LogP contribution in [0.25, 0.3) is 0 Å². The van der Waals surface area contributed by atoms with Gasteiger partial charge in [0.1, 0.15) is 12.2 Å². The van der Waals surface area contributed by atoms with Crippen LogP contribution in [-0.4, -0.2) is 46.3 Å². The molecule has 0 saturated carbocycles. The zero-order valence-electron chi connectivity index (χ0n) is 30.9. The maximum absolute atomic E-state index is 15.1. The molecular formula is C41H62N2O4. The molecule has 8 unspecified atom stereocenters. The predicted molar refractivity (Wildman–Crippen MR) is 191 cm³/mol. The third-order valence-electron chi connectivity index (χ3n) is 12.6. The quantitative estimate of drug-likeness (QED) is 0.179. The number of carbonyl (C=O) groups excluding carboxylic acids is 2. The van der Waals surface area contributed by atoms with Crippen LogP contribution in [0.1, 0.15) is 119 Å². The lowest BCUT2D eigenvalue weighted by Crippen LogP contribution is -2.67. The van der Waals surface area contributed by atoms with Crippen molar-refractivity contribution in [3.8, 4) is 0 Å². The molecule has 0 spiro atoms. The minimum Gasteiger partial charge on any atom is -0.461 e. The fourth-order valence-corrected chi connectivity index (χ4v) is 8.17. The lowest BCUT2D eigenvalue weighted by Gasteiger charge is -2.53. The number of rotatable bonds is 12. The first-order chi connectivity index (χ1) is 22.1. The molecule has 8 atom stereocenters. The molecule has 2 aromatic carbocycles. The van der Waals surface area contributed by atoms with Gasteiger partial charge in [0.25, 0.3) is 0 Å². The molecule has 4 rings (SSSR count). The number of esters is 2. The van der Waals surface area contributed by atoms with E-state index in [1.54, 1.807) is 0 Å². The van der Waals surface area contributed by atoms with Gasteiger partial charge in [-0.1, -0.05) is 102 Å². The van der Waals surface area contributed by atoms with Gasteiger partial charge >= 0.3 is 11.9 Å². The van der Waals surface area contributed by atoms with Gasteiger partial charge in [0, 0.05) is 46.8 Å². The van der Waals surface area contributed by atoms with Gasteiger partial charge in [0.15, 0.2) is 5.41 Å². The van der Waals surface area contributed by atoms with E-state index in [-0.39, 0.29) is 59.0 Å². The Bertz CT molecular complexity index is 1250.